The molecular weight excluding hydrogens is 401 g/mol. The quantitative estimate of drug-likeness (QED) is 0.515. The van der Waals surface area contributed by atoms with Crippen LogP contribution in [0.3, 0.4) is 0 Å². The largest absolute Gasteiger partial charge is 0.573 e. The zero-order valence-electron chi connectivity index (χ0n) is 14.3. The second kappa shape index (κ2) is 6.41. The molecule has 146 valence electrons. The minimum absolute atomic E-state index is 0.0513. The van der Waals surface area contributed by atoms with Gasteiger partial charge in [0.15, 0.2) is 0 Å². The Kier molecular flexibility index (Phi) is 4.14. The molecule has 0 atom stereocenters. The summed E-state index contributed by atoms with van der Waals surface area (Å²) in [5.74, 6) is -1.12. The van der Waals surface area contributed by atoms with Gasteiger partial charge < -0.3 is 19.2 Å². The van der Waals surface area contributed by atoms with Crippen LogP contribution in [0.1, 0.15) is 10.5 Å². The fraction of sp³-hybridized carbons (Fsp3) is 0.188. The van der Waals surface area contributed by atoms with Gasteiger partial charge in [0.25, 0.3) is 5.19 Å². The normalized spacial score (nSPS) is 11.9. The van der Waals surface area contributed by atoms with Crippen molar-refractivity contribution < 1.29 is 32.2 Å². The Morgan fingerprint density at radius 2 is 2.07 bits per heavy atom. The maximum absolute atomic E-state index is 12.6. The summed E-state index contributed by atoms with van der Waals surface area (Å²) < 4.78 is 53.2. The van der Waals surface area contributed by atoms with E-state index in [1.54, 1.807) is 0 Å². The van der Waals surface area contributed by atoms with E-state index in [2.05, 4.69) is 19.8 Å². The maximum atomic E-state index is 12.6. The molecule has 0 bridgehead atoms. The van der Waals surface area contributed by atoms with E-state index < -0.39 is 18.1 Å². The van der Waals surface area contributed by atoms with E-state index in [0.29, 0.717) is 26.8 Å². The van der Waals surface area contributed by atoms with Crippen molar-refractivity contribution in [2.24, 2.45) is 0 Å². The average Bonchev–Trinajstić information content (AvgIpc) is 3.31. The molecule has 0 fully saturated rings. The van der Waals surface area contributed by atoms with Crippen LogP contribution >= 0.6 is 11.3 Å². The van der Waals surface area contributed by atoms with Gasteiger partial charge in [0.05, 0.1) is 26.1 Å². The highest BCUT2D eigenvalue weighted by Crippen LogP contribution is 2.37. The zero-order chi connectivity index (χ0) is 20.1. The smallest absolute Gasteiger partial charge is 0.472 e. The number of halogens is 3. The fourth-order valence-corrected chi connectivity index (χ4v) is 3.51. The number of benzene rings is 1. The highest BCUT2D eigenvalue weighted by Gasteiger charge is 2.32. The van der Waals surface area contributed by atoms with Gasteiger partial charge in [-0.2, -0.15) is 4.52 Å². The number of imidazole rings is 1. The first-order chi connectivity index (χ1) is 13.3. The van der Waals surface area contributed by atoms with Crippen molar-refractivity contribution in [3.8, 4) is 22.2 Å². The minimum Gasteiger partial charge on any atom is -0.472 e. The number of carbonyl (C=O) groups excluding carboxylic acids is 1. The number of alkyl halides is 3. The molecule has 12 heteroatoms. The lowest BCUT2D eigenvalue weighted by Crippen LogP contribution is -2.16. The van der Waals surface area contributed by atoms with Gasteiger partial charge in [-0.3, -0.25) is 0 Å². The van der Waals surface area contributed by atoms with Crippen molar-refractivity contribution in [1.82, 2.24) is 19.6 Å². The molecule has 0 spiro atoms. The predicted octanol–water partition coefficient (Wildman–Crippen LogP) is 3.63. The minimum atomic E-state index is -4.85. The number of aromatic amines is 1. The summed E-state index contributed by atoms with van der Waals surface area (Å²) in [5, 5.41) is 4.89. The van der Waals surface area contributed by atoms with Crippen LogP contribution in [0.5, 0.6) is 10.9 Å². The molecule has 4 rings (SSSR count). The Morgan fingerprint density at radius 3 is 2.75 bits per heavy atom. The summed E-state index contributed by atoms with van der Waals surface area (Å²) >= 11 is 1.17. The van der Waals surface area contributed by atoms with Gasteiger partial charge in [-0.05, 0) is 29.5 Å². The number of fused-ring (bicyclic) bond motifs is 2. The van der Waals surface area contributed by atoms with Gasteiger partial charge in [0.1, 0.15) is 11.4 Å². The SMILES string of the molecule is COC(=O)c1[nH]c2ccc(OC(F)(F)F)cc2c1-c1cnc2sc(OC)nn12. The molecule has 1 aromatic carbocycles. The van der Waals surface area contributed by atoms with Crippen LogP contribution in [0, 0.1) is 0 Å². The van der Waals surface area contributed by atoms with Gasteiger partial charge >= 0.3 is 12.3 Å². The summed E-state index contributed by atoms with van der Waals surface area (Å²) in [6.45, 7) is 0. The topological polar surface area (TPSA) is 90.7 Å². The summed E-state index contributed by atoms with van der Waals surface area (Å²) in [7, 11) is 2.65. The van der Waals surface area contributed by atoms with E-state index in [0.717, 1.165) is 6.07 Å². The molecule has 0 radical (unpaired) electrons. The third-order valence-corrected chi connectivity index (χ3v) is 4.77. The zero-order valence-corrected chi connectivity index (χ0v) is 15.1. The van der Waals surface area contributed by atoms with E-state index in [1.807, 2.05) is 0 Å². The average molecular weight is 412 g/mol. The van der Waals surface area contributed by atoms with Crippen molar-refractivity contribution >= 4 is 33.2 Å². The number of nitrogens with one attached hydrogen (secondary N) is 1. The number of rotatable bonds is 4. The maximum Gasteiger partial charge on any atom is 0.573 e. The van der Waals surface area contributed by atoms with Crippen LogP contribution in [0.4, 0.5) is 13.2 Å². The Hall–Kier alpha value is -3.28. The van der Waals surface area contributed by atoms with E-state index in [4.69, 9.17) is 9.47 Å². The van der Waals surface area contributed by atoms with Crippen molar-refractivity contribution in [2.45, 2.75) is 6.36 Å². The molecule has 0 saturated heterocycles. The molecule has 0 amide bonds. The Labute approximate surface area is 158 Å². The lowest BCUT2D eigenvalue weighted by molar-refractivity contribution is -0.274. The molecule has 4 aromatic rings. The van der Waals surface area contributed by atoms with Gasteiger partial charge in [-0.15, -0.1) is 18.3 Å². The first-order valence-electron chi connectivity index (χ1n) is 7.69. The number of esters is 1. The monoisotopic (exact) mass is 412 g/mol. The van der Waals surface area contributed by atoms with Crippen LogP contribution in [0.15, 0.2) is 24.4 Å². The molecule has 0 unspecified atom stereocenters. The molecular formula is C16H11F3N4O4S. The molecule has 8 nitrogen and oxygen atoms in total. The van der Waals surface area contributed by atoms with Crippen LogP contribution in [-0.2, 0) is 4.74 Å². The molecule has 3 heterocycles. The van der Waals surface area contributed by atoms with Gasteiger partial charge in [-0.1, -0.05) is 0 Å². The first-order valence-corrected chi connectivity index (χ1v) is 8.51. The van der Waals surface area contributed by atoms with E-state index in [1.165, 1.54) is 48.4 Å². The van der Waals surface area contributed by atoms with Gasteiger partial charge in [0, 0.05) is 16.5 Å². The molecule has 0 saturated carbocycles. The molecule has 0 aliphatic heterocycles. The highest BCUT2D eigenvalue weighted by molar-refractivity contribution is 7.18. The van der Waals surface area contributed by atoms with Crippen LogP contribution in [-0.4, -0.2) is 46.1 Å². The third-order valence-electron chi connectivity index (χ3n) is 3.89. The number of ether oxygens (including phenoxy) is 3. The standard InChI is InChI=1S/C16H11F3N4O4S/c1-25-13(24)12-11(10-6-20-14-23(10)22-15(26-2)28-14)8-5-7(27-16(17,18)19)3-4-9(8)21-12/h3-6,21H,1-2H3. The fourth-order valence-electron chi connectivity index (χ4n) is 2.82. The lowest BCUT2D eigenvalue weighted by atomic mass is 10.1. The summed E-state index contributed by atoms with van der Waals surface area (Å²) in [6, 6.07) is 3.71. The summed E-state index contributed by atoms with van der Waals surface area (Å²) in [6.07, 6.45) is -3.38. The molecule has 0 aliphatic rings. The molecule has 0 aliphatic carbocycles. The third kappa shape index (κ3) is 3.01. The van der Waals surface area contributed by atoms with Crippen LogP contribution in [0.25, 0.3) is 27.1 Å². The lowest BCUT2D eigenvalue weighted by Gasteiger charge is -2.09. The molecule has 28 heavy (non-hydrogen) atoms. The first kappa shape index (κ1) is 18.1. The second-order valence-corrected chi connectivity index (χ2v) is 6.45. The Balaban J connectivity index is 1.98. The summed E-state index contributed by atoms with van der Waals surface area (Å²) in [5.41, 5.74) is 1.14. The van der Waals surface area contributed by atoms with Crippen molar-refractivity contribution in [3.05, 3.63) is 30.1 Å². The number of hydrogen-bond donors (Lipinski definition) is 1. The van der Waals surface area contributed by atoms with Gasteiger partial charge in [0.2, 0.25) is 4.96 Å². The summed E-state index contributed by atoms with van der Waals surface area (Å²) in [4.78, 5) is 19.8. The number of nitrogens with zero attached hydrogens (tertiary/aromatic N) is 3. The second-order valence-electron chi connectivity index (χ2n) is 5.53. The van der Waals surface area contributed by atoms with E-state index >= 15 is 0 Å². The number of aromatic nitrogens is 4. The number of carbonyl (C=O) groups is 1. The van der Waals surface area contributed by atoms with Crippen LogP contribution < -0.4 is 9.47 Å². The van der Waals surface area contributed by atoms with Crippen molar-refractivity contribution in [2.75, 3.05) is 14.2 Å². The van der Waals surface area contributed by atoms with Crippen molar-refractivity contribution in [1.29, 1.82) is 0 Å². The van der Waals surface area contributed by atoms with Crippen molar-refractivity contribution in [3.63, 3.8) is 0 Å². The number of hydrogen-bond acceptors (Lipinski definition) is 7. The van der Waals surface area contributed by atoms with Crippen LogP contribution in [0.2, 0.25) is 0 Å². The van der Waals surface area contributed by atoms with E-state index in [9.17, 15) is 18.0 Å². The Morgan fingerprint density at radius 1 is 1.29 bits per heavy atom. The highest BCUT2D eigenvalue weighted by atomic mass is 32.1. The number of methoxy groups -OCH3 is 2. The van der Waals surface area contributed by atoms with Gasteiger partial charge in [-0.25, -0.2) is 9.78 Å². The Bertz CT molecular complexity index is 1190. The molecule has 3 aromatic heterocycles. The number of H-pyrrole nitrogens is 1. The predicted molar refractivity (Wildman–Crippen MR) is 92.7 cm³/mol. The molecule has 1 N–H and O–H groups in total. The van der Waals surface area contributed by atoms with E-state index in [-0.39, 0.29) is 11.3 Å².